The van der Waals surface area contributed by atoms with Crippen molar-refractivity contribution < 1.29 is 14.7 Å². The Morgan fingerprint density at radius 2 is 1.95 bits per heavy atom. The minimum absolute atomic E-state index is 0.0627. The summed E-state index contributed by atoms with van der Waals surface area (Å²) in [6.07, 6.45) is 10.5. The zero-order valence-corrected chi connectivity index (χ0v) is 13.7. The molecule has 0 aliphatic heterocycles. The molecule has 1 saturated carbocycles. The first-order chi connectivity index (χ1) is 10.1. The number of rotatable bonds is 9. The van der Waals surface area contributed by atoms with Crippen molar-refractivity contribution in [2.75, 3.05) is 12.8 Å². The number of carboxylic acid groups (broad SMARTS) is 1. The number of thioether (sulfide) groups is 1. The molecule has 21 heavy (non-hydrogen) atoms. The molecule has 0 aromatic heterocycles. The summed E-state index contributed by atoms with van der Waals surface area (Å²) < 4.78 is 0. The van der Waals surface area contributed by atoms with E-state index in [0.717, 1.165) is 38.5 Å². The molecule has 2 amide bonds. The summed E-state index contributed by atoms with van der Waals surface area (Å²) in [4.78, 5) is 22.1. The van der Waals surface area contributed by atoms with E-state index in [2.05, 4.69) is 16.9 Å². The molecule has 0 aromatic rings. The molecule has 3 N–H and O–H groups in total. The van der Waals surface area contributed by atoms with Crippen LogP contribution in [0.1, 0.15) is 57.8 Å². The highest BCUT2D eigenvalue weighted by Gasteiger charge is 2.22. The van der Waals surface area contributed by atoms with E-state index in [1.165, 1.54) is 12.8 Å². The van der Waals surface area contributed by atoms with Gasteiger partial charge in [0.05, 0.1) is 0 Å². The molecule has 2 atom stereocenters. The van der Waals surface area contributed by atoms with Gasteiger partial charge in [0.25, 0.3) is 0 Å². The topological polar surface area (TPSA) is 78.4 Å². The van der Waals surface area contributed by atoms with Gasteiger partial charge in [-0.15, -0.1) is 0 Å². The summed E-state index contributed by atoms with van der Waals surface area (Å²) in [5.41, 5.74) is 0. The van der Waals surface area contributed by atoms with Crippen LogP contribution in [-0.2, 0) is 4.79 Å². The first-order valence-electron chi connectivity index (χ1n) is 7.90. The van der Waals surface area contributed by atoms with Gasteiger partial charge in [-0.2, -0.15) is 11.8 Å². The van der Waals surface area contributed by atoms with E-state index in [0.29, 0.717) is 17.8 Å². The van der Waals surface area contributed by atoms with Crippen LogP contribution < -0.4 is 10.6 Å². The number of urea groups is 1. The van der Waals surface area contributed by atoms with Crippen LogP contribution in [0.15, 0.2) is 0 Å². The van der Waals surface area contributed by atoms with Crippen molar-refractivity contribution >= 4 is 23.8 Å². The Hall–Kier alpha value is -0.910. The summed E-state index contributed by atoms with van der Waals surface area (Å²) >= 11 is 1.89. The fourth-order valence-corrected chi connectivity index (χ4v) is 3.51. The molecule has 1 rings (SSSR count). The lowest BCUT2D eigenvalue weighted by Crippen LogP contribution is -2.44. The lowest BCUT2D eigenvalue weighted by atomic mass is 9.95. The first-order valence-corrected chi connectivity index (χ1v) is 9.19. The number of carbonyl (C=O) groups is 2. The molecule has 1 aliphatic carbocycles. The maximum absolute atomic E-state index is 11.8. The molecule has 0 heterocycles. The summed E-state index contributed by atoms with van der Waals surface area (Å²) in [5, 5.41) is 15.1. The van der Waals surface area contributed by atoms with E-state index in [-0.39, 0.29) is 12.5 Å². The number of unbranched alkanes of at least 4 members (excludes halogenated alkanes) is 3. The van der Waals surface area contributed by atoms with Gasteiger partial charge in [0.15, 0.2) is 0 Å². The average Bonchev–Trinajstić information content (AvgIpc) is 2.46. The van der Waals surface area contributed by atoms with Gasteiger partial charge in [0.1, 0.15) is 0 Å². The molecule has 1 aliphatic rings. The number of hydrogen-bond donors (Lipinski definition) is 3. The molecule has 6 heteroatoms. The molecular weight excluding hydrogens is 288 g/mol. The van der Waals surface area contributed by atoms with E-state index in [9.17, 15) is 9.59 Å². The smallest absolute Gasteiger partial charge is 0.315 e. The first kappa shape index (κ1) is 18.1. The van der Waals surface area contributed by atoms with Crippen LogP contribution in [0.25, 0.3) is 0 Å². The highest BCUT2D eigenvalue weighted by atomic mass is 32.2. The van der Waals surface area contributed by atoms with E-state index in [4.69, 9.17) is 5.11 Å². The van der Waals surface area contributed by atoms with Gasteiger partial charge >= 0.3 is 12.0 Å². The average molecular weight is 316 g/mol. The van der Waals surface area contributed by atoms with Crippen molar-refractivity contribution in [3.05, 3.63) is 0 Å². The van der Waals surface area contributed by atoms with Gasteiger partial charge in [-0.1, -0.05) is 19.3 Å². The Morgan fingerprint density at radius 3 is 2.67 bits per heavy atom. The molecule has 0 aromatic carbocycles. The summed E-state index contributed by atoms with van der Waals surface area (Å²) in [5.74, 6) is -0.733. The second-order valence-corrected chi connectivity index (χ2v) is 6.82. The number of nitrogens with one attached hydrogen (secondary N) is 2. The third-order valence-corrected chi connectivity index (χ3v) is 4.99. The van der Waals surface area contributed by atoms with Gasteiger partial charge in [-0.25, -0.2) is 4.79 Å². The maximum atomic E-state index is 11.8. The molecule has 0 spiro atoms. The molecule has 0 saturated heterocycles. The largest absolute Gasteiger partial charge is 0.481 e. The standard InChI is InChI=1S/C15H28N2O3S/c1-21-13-8-6-7-12(11-13)17-15(20)16-10-5-3-2-4-9-14(18)19/h12-13H,2-11H2,1H3,(H,18,19)(H2,16,17,20). The lowest BCUT2D eigenvalue weighted by molar-refractivity contribution is -0.137. The summed E-state index contributed by atoms with van der Waals surface area (Å²) in [6.45, 7) is 0.664. The van der Waals surface area contributed by atoms with Crippen LogP contribution in [0, 0.1) is 0 Å². The minimum atomic E-state index is -0.733. The van der Waals surface area contributed by atoms with Crippen molar-refractivity contribution in [1.82, 2.24) is 10.6 Å². The predicted molar refractivity (Wildman–Crippen MR) is 86.8 cm³/mol. The summed E-state index contributed by atoms with van der Waals surface area (Å²) in [7, 11) is 0. The number of carboxylic acids is 1. The molecule has 5 nitrogen and oxygen atoms in total. The Kier molecular flexibility index (Phi) is 9.30. The minimum Gasteiger partial charge on any atom is -0.481 e. The molecule has 0 bridgehead atoms. The molecule has 0 radical (unpaired) electrons. The van der Waals surface area contributed by atoms with Gasteiger partial charge in [0.2, 0.25) is 0 Å². The Labute approximate surface area is 131 Å². The van der Waals surface area contributed by atoms with Crippen LogP contribution >= 0.6 is 11.8 Å². The highest BCUT2D eigenvalue weighted by molar-refractivity contribution is 7.99. The van der Waals surface area contributed by atoms with Crippen LogP contribution in [-0.4, -0.2) is 41.2 Å². The van der Waals surface area contributed by atoms with Crippen molar-refractivity contribution in [2.45, 2.75) is 69.1 Å². The molecule has 1 fully saturated rings. The normalized spacial score (nSPS) is 21.8. The molecule has 2 unspecified atom stereocenters. The second-order valence-electron chi connectivity index (χ2n) is 5.68. The third kappa shape index (κ3) is 8.86. The predicted octanol–water partition coefficient (Wildman–Crippen LogP) is 2.99. The molecule has 122 valence electrons. The highest BCUT2D eigenvalue weighted by Crippen LogP contribution is 2.26. The van der Waals surface area contributed by atoms with Crippen LogP contribution in [0.3, 0.4) is 0 Å². The second kappa shape index (κ2) is 10.8. The zero-order chi connectivity index (χ0) is 15.5. The van der Waals surface area contributed by atoms with Crippen molar-refractivity contribution in [3.63, 3.8) is 0 Å². The van der Waals surface area contributed by atoms with Crippen molar-refractivity contribution in [1.29, 1.82) is 0 Å². The van der Waals surface area contributed by atoms with Crippen LogP contribution in [0.2, 0.25) is 0 Å². The van der Waals surface area contributed by atoms with Crippen LogP contribution in [0.4, 0.5) is 4.79 Å². The number of amides is 2. The summed E-state index contributed by atoms with van der Waals surface area (Å²) in [6, 6.07) is 0.249. The SMILES string of the molecule is CSC1CCCC(NC(=O)NCCCCCCC(=O)O)C1. The van der Waals surface area contributed by atoms with Crippen molar-refractivity contribution in [3.8, 4) is 0 Å². The third-order valence-electron chi connectivity index (χ3n) is 3.90. The van der Waals surface area contributed by atoms with E-state index in [1.807, 2.05) is 11.8 Å². The Balaban J connectivity index is 1.99. The zero-order valence-electron chi connectivity index (χ0n) is 12.9. The van der Waals surface area contributed by atoms with E-state index >= 15 is 0 Å². The Bertz CT molecular complexity index is 326. The van der Waals surface area contributed by atoms with Crippen LogP contribution in [0.5, 0.6) is 0 Å². The lowest BCUT2D eigenvalue weighted by Gasteiger charge is -2.28. The number of carbonyl (C=O) groups excluding carboxylic acids is 1. The van der Waals surface area contributed by atoms with Gasteiger partial charge < -0.3 is 15.7 Å². The fraction of sp³-hybridized carbons (Fsp3) is 0.867. The monoisotopic (exact) mass is 316 g/mol. The number of hydrogen-bond acceptors (Lipinski definition) is 3. The van der Waals surface area contributed by atoms with Crippen molar-refractivity contribution in [2.24, 2.45) is 0 Å². The molecular formula is C15H28N2O3S. The van der Waals surface area contributed by atoms with Gasteiger partial charge in [-0.3, -0.25) is 4.79 Å². The van der Waals surface area contributed by atoms with E-state index in [1.54, 1.807) is 0 Å². The quantitative estimate of drug-likeness (QED) is 0.571. The van der Waals surface area contributed by atoms with E-state index < -0.39 is 5.97 Å². The van der Waals surface area contributed by atoms with Gasteiger partial charge in [-0.05, 0) is 38.4 Å². The Morgan fingerprint density at radius 1 is 1.19 bits per heavy atom. The number of aliphatic carboxylic acids is 1. The van der Waals surface area contributed by atoms with Gasteiger partial charge in [0, 0.05) is 24.3 Å². The fourth-order valence-electron chi connectivity index (χ4n) is 2.68. The maximum Gasteiger partial charge on any atom is 0.315 e.